The van der Waals surface area contributed by atoms with Gasteiger partial charge in [0.2, 0.25) is 5.95 Å². The van der Waals surface area contributed by atoms with E-state index in [2.05, 4.69) is 10.1 Å². The molecule has 2 aromatic rings. The highest BCUT2D eigenvalue weighted by Gasteiger charge is 2.07. The van der Waals surface area contributed by atoms with Crippen molar-refractivity contribution in [1.29, 1.82) is 0 Å². The number of hydrogen-bond donors (Lipinski definition) is 1. The van der Waals surface area contributed by atoms with Crippen molar-refractivity contribution in [2.45, 2.75) is 6.92 Å². The van der Waals surface area contributed by atoms with E-state index in [9.17, 15) is 0 Å². The van der Waals surface area contributed by atoms with Crippen molar-refractivity contribution in [3.8, 4) is 11.4 Å². The van der Waals surface area contributed by atoms with Crippen LogP contribution in [0.3, 0.4) is 0 Å². The van der Waals surface area contributed by atoms with Crippen LogP contribution in [0.1, 0.15) is 5.56 Å². The largest absolute Gasteiger partial charge is 0.368 e. The van der Waals surface area contributed by atoms with Crippen LogP contribution < -0.4 is 5.73 Å². The van der Waals surface area contributed by atoms with Crippen LogP contribution in [0.4, 0.5) is 5.95 Å². The number of halogens is 1. The van der Waals surface area contributed by atoms with Crippen LogP contribution in [0.5, 0.6) is 0 Å². The summed E-state index contributed by atoms with van der Waals surface area (Å²) in [7, 11) is 1.75. The lowest BCUT2D eigenvalue weighted by Gasteiger charge is -1.99. The van der Waals surface area contributed by atoms with Gasteiger partial charge in [-0.15, -0.1) is 5.10 Å². The molecule has 0 radical (unpaired) electrons. The van der Waals surface area contributed by atoms with Crippen molar-refractivity contribution in [3.05, 3.63) is 28.8 Å². The first-order chi connectivity index (χ1) is 7.08. The molecule has 0 unspecified atom stereocenters. The summed E-state index contributed by atoms with van der Waals surface area (Å²) in [5, 5.41) is 4.88. The molecule has 0 amide bonds. The summed E-state index contributed by atoms with van der Waals surface area (Å²) < 4.78 is 1.53. The number of nitrogen functional groups attached to an aromatic ring is 1. The normalized spacial score (nSPS) is 10.6. The highest BCUT2D eigenvalue weighted by atomic mass is 35.5. The van der Waals surface area contributed by atoms with E-state index in [-0.39, 0.29) is 0 Å². The van der Waals surface area contributed by atoms with E-state index in [0.717, 1.165) is 11.1 Å². The third kappa shape index (κ3) is 1.80. The van der Waals surface area contributed by atoms with Gasteiger partial charge < -0.3 is 5.73 Å². The van der Waals surface area contributed by atoms with E-state index in [4.69, 9.17) is 17.3 Å². The second-order valence-corrected chi connectivity index (χ2v) is 3.79. The Balaban J connectivity index is 2.49. The second kappa shape index (κ2) is 3.55. The number of aromatic nitrogens is 3. The lowest BCUT2D eigenvalue weighted by Crippen LogP contribution is -1.97. The molecular formula is C10H11ClN4. The lowest BCUT2D eigenvalue weighted by molar-refractivity contribution is 0.781. The molecule has 0 saturated heterocycles. The number of nitrogens with zero attached hydrogens (tertiary/aromatic N) is 3. The zero-order valence-corrected chi connectivity index (χ0v) is 9.28. The molecule has 0 aliphatic rings. The van der Waals surface area contributed by atoms with Crippen molar-refractivity contribution in [2.75, 3.05) is 5.73 Å². The molecule has 0 aliphatic heterocycles. The van der Waals surface area contributed by atoms with E-state index >= 15 is 0 Å². The molecule has 1 aromatic carbocycles. The van der Waals surface area contributed by atoms with E-state index in [0.29, 0.717) is 16.8 Å². The van der Waals surface area contributed by atoms with Crippen LogP contribution in [0, 0.1) is 6.92 Å². The van der Waals surface area contributed by atoms with E-state index in [1.807, 2.05) is 25.1 Å². The zero-order chi connectivity index (χ0) is 11.0. The van der Waals surface area contributed by atoms with E-state index in [1.165, 1.54) is 4.68 Å². The number of hydrogen-bond acceptors (Lipinski definition) is 3. The molecule has 0 fully saturated rings. The monoisotopic (exact) mass is 222 g/mol. The summed E-state index contributed by atoms with van der Waals surface area (Å²) in [5.74, 6) is 0.985. The standard InChI is InChI=1S/C10H11ClN4/c1-6-3-4-7(5-8(6)11)9-13-10(12)15(2)14-9/h3-5H,1-2H3,(H2,12,13,14). The van der Waals surface area contributed by atoms with Crippen LogP contribution in [-0.2, 0) is 7.05 Å². The van der Waals surface area contributed by atoms with Gasteiger partial charge in [-0.25, -0.2) is 4.68 Å². The van der Waals surface area contributed by atoms with Crippen molar-refractivity contribution >= 4 is 17.5 Å². The first-order valence-electron chi connectivity index (χ1n) is 4.51. The minimum Gasteiger partial charge on any atom is -0.368 e. The van der Waals surface area contributed by atoms with Crippen LogP contribution >= 0.6 is 11.6 Å². The Morgan fingerprint density at radius 3 is 2.67 bits per heavy atom. The Hall–Kier alpha value is -1.55. The van der Waals surface area contributed by atoms with Crippen LogP contribution in [-0.4, -0.2) is 14.8 Å². The van der Waals surface area contributed by atoms with Gasteiger partial charge in [0.15, 0.2) is 5.82 Å². The molecule has 78 valence electrons. The Labute approximate surface area is 92.7 Å². The summed E-state index contributed by atoms with van der Waals surface area (Å²) in [6, 6.07) is 5.70. The maximum atomic E-state index is 6.02. The molecule has 2 rings (SSSR count). The average molecular weight is 223 g/mol. The van der Waals surface area contributed by atoms with Crippen molar-refractivity contribution < 1.29 is 0 Å². The van der Waals surface area contributed by atoms with Crippen LogP contribution in [0.15, 0.2) is 18.2 Å². The van der Waals surface area contributed by atoms with Gasteiger partial charge in [-0.3, -0.25) is 0 Å². The molecule has 1 aromatic heterocycles. The predicted octanol–water partition coefficient (Wildman–Crippen LogP) is 2.03. The van der Waals surface area contributed by atoms with Gasteiger partial charge >= 0.3 is 0 Å². The third-order valence-electron chi connectivity index (χ3n) is 2.23. The molecule has 5 heteroatoms. The predicted molar refractivity (Wildman–Crippen MR) is 60.6 cm³/mol. The zero-order valence-electron chi connectivity index (χ0n) is 8.53. The number of benzene rings is 1. The van der Waals surface area contributed by atoms with Crippen molar-refractivity contribution in [2.24, 2.45) is 7.05 Å². The van der Waals surface area contributed by atoms with E-state index in [1.54, 1.807) is 7.05 Å². The smallest absolute Gasteiger partial charge is 0.218 e. The van der Waals surface area contributed by atoms with Gasteiger partial charge in [-0.2, -0.15) is 4.98 Å². The number of anilines is 1. The Kier molecular flexibility index (Phi) is 2.36. The summed E-state index contributed by atoms with van der Waals surface area (Å²) in [6.07, 6.45) is 0. The van der Waals surface area contributed by atoms with Gasteiger partial charge in [0.05, 0.1) is 0 Å². The lowest BCUT2D eigenvalue weighted by atomic mass is 10.1. The number of nitrogens with two attached hydrogens (primary N) is 1. The fraction of sp³-hybridized carbons (Fsp3) is 0.200. The molecular weight excluding hydrogens is 212 g/mol. The summed E-state index contributed by atoms with van der Waals surface area (Å²) in [6.45, 7) is 1.95. The fourth-order valence-electron chi connectivity index (χ4n) is 1.25. The first-order valence-corrected chi connectivity index (χ1v) is 4.89. The Bertz CT molecular complexity index is 485. The molecule has 0 spiro atoms. The van der Waals surface area contributed by atoms with Gasteiger partial charge in [0.25, 0.3) is 0 Å². The molecule has 2 N–H and O–H groups in total. The summed E-state index contributed by atoms with van der Waals surface area (Å²) in [5.41, 5.74) is 7.51. The van der Waals surface area contributed by atoms with Gasteiger partial charge in [-0.1, -0.05) is 23.7 Å². The molecule has 4 nitrogen and oxygen atoms in total. The van der Waals surface area contributed by atoms with Crippen LogP contribution in [0.2, 0.25) is 5.02 Å². The van der Waals surface area contributed by atoms with Crippen molar-refractivity contribution in [1.82, 2.24) is 14.8 Å². The molecule has 0 atom stereocenters. The minimum absolute atomic E-state index is 0.390. The summed E-state index contributed by atoms with van der Waals surface area (Å²) >= 11 is 6.02. The number of aryl methyl sites for hydroxylation is 2. The molecule has 1 heterocycles. The Morgan fingerprint density at radius 2 is 2.13 bits per heavy atom. The second-order valence-electron chi connectivity index (χ2n) is 3.38. The molecule has 0 saturated carbocycles. The SMILES string of the molecule is Cc1ccc(-c2nc(N)n(C)n2)cc1Cl. The minimum atomic E-state index is 0.390. The van der Waals surface area contributed by atoms with Crippen LogP contribution in [0.25, 0.3) is 11.4 Å². The Morgan fingerprint density at radius 1 is 1.40 bits per heavy atom. The highest BCUT2D eigenvalue weighted by Crippen LogP contribution is 2.23. The van der Waals surface area contributed by atoms with Gasteiger partial charge in [-0.05, 0) is 18.6 Å². The maximum Gasteiger partial charge on any atom is 0.218 e. The maximum absolute atomic E-state index is 6.02. The van der Waals surface area contributed by atoms with Gasteiger partial charge in [0, 0.05) is 17.6 Å². The molecule has 0 bridgehead atoms. The van der Waals surface area contributed by atoms with Crippen molar-refractivity contribution in [3.63, 3.8) is 0 Å². The highest BCUT2D eigenvalue weighted by molar-refractivity contribution is 6.31. The van der Waals surface area contributed by atoms with E-state index < -0.39 is 0 Å². The average Bonchev–Trinajstić information content (AvgIpc) is 2.52. The molecule has 0 aliphatic carbocycles. The molecule has 15 heavy (non-hydrogen) atoms. The topological polar surface area (TPSA) is 56.7 Å². The quantitative estimate of drug-likeness (QED) is 0.803. The van der Waals surface area contributed by atoms with Gasteiger partial charge in [0.1, 0.15) is 0 Å². The third-order valence-corrected chi connectivity index (χ3v) is 2.63. The number of rotatable bonds is 1. The summed E-state index contributed by atoms with van der Waals surface area (Å²) in [4.78, 5) is 4.12. The fourth-order valence-corrected chi connectivity index (χ4v) is 1.43. The first kappa shape index (κ1) is 9.98.